The van der Waals surface area contributed by atoms with Gasteiger partial charge in [-0.15, -0.1) is 0 Å². The molecule has 1 aromatic rings. The van der Waals surface area contributed by atoms with Crippen molar-refractivity contribution in [1.29, 1.82) is 0 Å². The van der Waals surface area contributed by atoms with Crippen molar-refractivity contribution in [3.05, 3.63) is 29.8 Å². The summed E-state index contributed by atoms with van der Waals surface area (Å²) in [5.74, 6) is -0.675. The Morgan fingerprint density at radius 2 is 1.95 bits per heavy atom. The molecule has 0 aromatic heterocycles. The van der Waals surface area contributed by atoms with E-state index in [0.717, 1.165) is 0 Å². The van der Waals surface area contributed by atoms with Crippen molar-refractivity contribution in [2.45, 2.75) is 13.3 Å². The summed E-state index contributed by atoms with van der Waals surface area (Å²) in [4.78, 5) is 24.6. The van der Waals surface area contributed by atoms with E-state index >= 15 is 0 Å². The van der Waals surface area contributed by atoms with Crippen LogP contribution in [0.15, 0.2) is 24.3 Å². The molecule has 0 aliphatic carbocycles. The number of carboxylic acids is 1. The molecular formula is C15H21NO5. The number of para-hydroxylation sites is 1. The number of nitrogens with zero attached hydrogens (tertiary/aromatic N) is 1. The molecule has 0 saturated heterocycles. The Kier molecular flexibility index (Phi) is 7.25. The summed E-state index contributed by atoms with van der Waals surface area (Å²) in [5, 5.41) is 8.73. The van der Waals surface area contributed by atoms with E-state index in [0.29, 0.717) is 31.1 Å². The van der Waals surface area contributed by atoms with Gasteiger partial charge in [0.05, 0.1) is 18.6 Å². The van der Waals surface area contributed by atoms with Crippen LogP contribution in [0.4, 0.5) is 0 Å². The topological polar surface area (TPSA) is 76.1 Å². The van der Waals surface area contributed by atoms with Crippen LogP contribution in [0.1, 0.15) is 23.7 Å². The van der Waals surface area contributed by atoms with Crippen LogP contribution in [0.5, 0.6) is 5.75 Å². The van der Waals surface area contributed by atoms with Gasteiger partial charge in [-0.3, -0.25) is 9.59 Å². The molecule has 1 rings (SSSR count). The standard InChI is InChI=1S/C15H21NO5/c1-3-16(9-8-14(17)18)15(19)12-6-4-5-7-13(12)21-11-10-20-2/h4-7H,3,8-11H2,1-2H3,(H,17,18). The lowest BCUT2D eigenvalue weighted by atomic mass is 10.1. The lowest BCUT2D eigenvalue weighted by molar-refractivity contribution is -0.137. The van der Waals surface area contributed by atoms with E-state index in [4.69, 9.17) is 14.6 Å². The molecule has 1 aromatic carbocycles. The zero-order chi connectivity index (χ0) is 15.7. The SMILES string of the molecule is CCN(CCC(=O)O)C(=O)c1ccccc1OCCOC. The Balaban J connectivity index is 2.81. The molecule has 116 valence electrons. The number of carboxylic acid groups (broad SMARTS) is 1. The van der Waals surface area contributed by atoms with E-state index in [2.05, 4.69) is 0 Å². The van der Waals surface area contributed by atoms with Crippen LogP contribution in [0.2, 0.25) is 0 Å². The molecule has 1 amide bonds. The summed E-state index contributed by atoms with van der Waals surface area (Å²) < 4.78 is 10.4. The first kappa shape index (κ1) is 17.0. The van der Waals surface area contributed by atoms with Gasteiger partial charge in [-0.2, -0.15) is 0 Å². The predicted molar refractivity (Wildman–Crippen MR) is 77.6 cm³/mol. The van der Waals surface area contributed by atoms with Crippen molar-refractivity contribution >= 4 is 11.9 Å². The summed E-state index contributed by atoms with van der Waals surface area (Å²) in [6.07, 6.45) is -0.0771. The molecule has 0 aliphatic rings. The van der Waals surface area contributed by atoms with E-state index in [1.807, 2.05) is 6.92 Å². The van der Waals surface area contributed by atoms with E-state index in [1.165, 1.54) is 4.90 Å². The minimum absolute atomic E-state index is 0.0771. The van der Waals surface area contributed by atoms with Gasteiger partial charge in [0.25, 0.3) is 5.91 Å². The molecule has 0 saturated carbocycles. The highest BCUT2D eigenvalue weighted by atomic mass is 16.5. The van der Waals surface area contributed by atoms with Gasteiger partial charge in [0.2, 0.25) is 0 Å². The third-order valence-electron chi connectivity index (χ3n) is 2.93. The first-order chi connectivity index (χ1) is 10.1. The highest BCUT2D eigenvalue weighted by Gasteiger charge is 2.18. The summed E-state index contributed by atoms with van der Waals surface area (Å²) in [7, 11) is 1.57. The fourth-order valence-electron chi connectivity index (χ4n) is 1.81. The number of hydrogen-bond donors (Lipinski definition) is 1. The highest BCUT2D eigenvalue weighted by Crippen LogP contribution is 2.20. The van der Waals surface area contributed by atoms with Gasteiger partial charge in [0.1, 0.15) is 12.4 Å². The lowest BCUT2D eigenvalue weighted by Crippen LogP contribution is -2.33. The molecule has 6 nitrogen and oxygen atoms in total. The fraction of sp³-hybridized carbons (Fsp3) is 0.467. The van der Waals surface area contributed by atoms with Crippen LogP contribution < -0.4 is 4.74 Å². The van der Waals surface area contributed by atoms with Crippen LogP contribution in [0.3, 0.4) is 0 Å². The Morgan fingerprint density at radius 3 is 2.57 bits per heavy atom. The van der Waals surface area contributed by atoms with Crippen LogP contribution in [0.25, 0.3) is 0 Å². The Morgan fingerprint density at radius 1 is 1.24 bits per heavy atom. The molecule has 0 radical (unpaired) electrons. The van der Waals surface area contributed by atoms with Gasteiger partial charge in [-0.25, -0.2) is 0 Å². The molecule has 0 heterocycles. The maximum atomic E-state index is 12.5. The minimum Gasteiger partial charge on any atom is -0.490 e. The van der Waals surface area contributed by atoms with Gasteiger partial charge in [0.15, 0.2) is 0 Å². The second-order valence-electron chi connectivity index (χ2n) is 4.37. The number of carbonyl (C=O) groups is 2. The molecular weight excluding hydrogens is 274 g/mol. The highest BCUT2D eigenvalue weighted by molar-refractivity contribution is 5.97. The second-order valence-corrected chi connectivity index (χ2v) is 4.37. The van der Waals surface area contributed by atoms with E-state index in [9.17, 15) is 9.59 Å². The molecule has 21 heavy (non-hydrogen) atoms. The van der Waals surface area contributed by atoms with Crippen LogP contribution >= 0.6 is 0 Å². The summed E-state index contributed by atoms with van der Waals surface area (Å²) in [6.45, 7) is 3.21. The van der Waals surface area contributed by atoms with Gasteiger partial charge < -0.3 is 19.5 Å². The summed E-state index contributed by atoms with van der Waals surface area (Å²) >= 11 is 0. The maximum Gasteiger partial charge on any atom is 0.305 e. The summed E-state index contributed by atoms with van der Waals surface area (Å²) in [6, 6.07) is 6.93. The molecule has 0 unspecified atom stereocenters. The second kappa shape index (κ2) is 8.97. The maximum absolute atomic E-state index is 12.5. The molecule has 0 aliphatic heterocycles. The zero-order valence-corrected chi connectivity index (χ0v) is 12.4. The number of benzene rings is 1. The molecule has 0 atom stereocenters. The first-order valence-electron chi connectivity index (χ1n) is 6.82. The fourth-order valence-corrected chi connectivity index (χ4v) is 1.81. The van der Waals surface area contributed by atoms with Crippen molar-refractivity contribution in [3.63, 3.8) is 0 Å². The van der Waals surface area contributed by atoms with Crippen LogP contribution in [0, 0.1) is 0 Å². The molecule has 6 heteroatoms. The zero-order valence-electron chi connectivity index (χ0n) is 12.4. The molecule has 0 fully saturated rings. The van der Waals surface area contributed by atoms with Crippen molar-refractivity contribution in [2.24, 2.45) is 0 Å². The van der Waals surface area contributed by atoms with Crippen LogP contribution in [-0.4, -0.2) is 55.3 Å². The van der Waals surface area contributed by atoms with Crippen molar-refractivity contribution < 1.29 is 24.2 Å². The van der Waals surface area contributed by atoms with E-state index in [1.54, 1.807) is 31.4 Å². The Labute approximate surface area is 124 Å². The smallest absolute Gasteiger partial charge is 0.305 e. The average Bonchev–Trinajstić information content (AvgIpc) is 2.48. The summed E-state index contributed by atoms with van der Waals surface area (Å²) in [5.41, 5.74) is 0.431. The van der Waals surface area contributed by atoms with Crippen molar-refractivity contribution in [1.82, 2.24) is 4.90 Å². The number of rotatable bonds is 9. The largest absolute Gasteiger partial charge is 0.490 e. The predicted octanol–water partition coefficient (Wildman–Crippen LogP) is 1.65. The molecule has 1 N–H and O–H groups in total. The molecule has 0 spiro atoms. The number of ether oxygens (including phenoxy) is 2. The number of methoxy groups -OCH3 is 1. The average molecular weight is 295 g/mol. The number of hydrogen-bond acceptors (Lipinski definition) is 4. The van der Waals surface area contributed by atoms with Gasteiger partial charge in [-0.05, 0) is 19.1 Å². The van der Waals surface area contributed by atoms with E-state index < -0.39 is 5.97 Å². The minimum atomic E-state index is -0.925. The first-order valence-corrected chi connectivity index (χ1v) is 6.82. The van der Waals surface area contributed by atoms with Gasteiger partial charge in [0, 0.05) is 20.2 Å². The van der Waals surface area contributed by atoms with Crippen molar-refractivity contribution in [2.75, 3.05) is 33.4 Å². The van der Waals surface area contributed by atoms with E-state index in [-0.39, 0.29) is 18.9 Å². The third-order valence-corrected chi connectivity index (χ3v) is 2.93. The number of carbonyl (C=O) groups excluding carboxylic acids is 1. The quantitative estimate of drug-likeness (QED) is 0.701. The number of amides is 1. The lowest BCUT2D eigenvalue weighted by Gasteiger charge is -2.21. The Bertz CT molecular complexity index is 475. The molecule has 0 bridgehead atoms. The van der Waals surface area contributed by atoms with Crippen LogP contribution in [-0.2, 0) is 9.53 Å². The number of aliphatic carboxylic acids is 1. The normalized spacial score (nSPS) is 10.2. The third kappa shape index (κ3) is 5.43. The Hall–Kier alpha value is -2.08. The van der Waals surface area contributed by atoms with Crippen molar-refractivity contribution in [3.8, 4) is 5.75 Å². The van der Waals surface area contributed by atoms with Gasteiger partial charge >= 0.3 is 5.97 Å². The monoisotopic (exact) mass is 295 g/mol. The van der Waals surface area contributed by atoms with Gasteiger partial charge in [-0.1, -0.05) is 12.1 Å².